The fourth-order valence-electron chi connectivity index (χ4n) is 2.97. The molecule has 2 aromatic rings. The number of aryl methyl sites for hydroxylation is 1. The molecule has 0 unspecified atom stereocenters. The quantitative estimate of drug-likeness (QED) is 0.779. The summed E-state index contributed by atoms with van der Waals surface area (Å²) in [6.07, 6.45) is 0. The van der Waals surface area contributed by atoms with Crippen LogP contribution in [-0.4, -0.2) is 38.1 Å². The van der Waals surface area contributed by atoms with Gasteiger partial charge in [-0.05, 0) is 45.0 Å². The van der Waals surface area contributed by atoms with Gasteiger partial charge in [0.2, 0.25) is 11.8 Å². The standard InChI is InChI=1S/C22H27N3O3/c1-16-8-10-17(11-9-16)23-20(26)22(2,3)21(27)24-18-6-4-5-7-19(18)25-12-14-28-15-13-25/h4-11H,12-15H2,1-3H3,(H,23,26)(H,24,27). The molecular weight excluding hydrogens is 354 g/mol. The predicted molar refractivity (Wildman–Crippen MR) is 112 cm³/mol. The number of hydrogen-bond acceptors (Lipinski definition) is 4. The summed E-state index contributed by atoms with van der Waals surface area (Å²) in [5, 5.41) is 5.77. The fraction of sp³-hybridized carbons (Fsp3) is 0.364. The van der Waals surface area contributed by atoms with Crippen LogP contribution in [0.25, 0.3) is 0 Å². The Morgan fingerprint density at radius 2 is 1.54 bits per heavy atom. The predicted octanol–water partition coefficient (Wildman–Crippen LogP) is 3.44. The lowest BCUT2D eigenvalue weighted by Gasteiger charge is -2.31. The number of morpholine rings is 1. The topological polar surface area (TPSA) is 70.7 Å². The van der Waals surface area contributed by atoms with Gasteiger partial charge < -0.3 is 20.3 Å². The van der Waals surface area contributed by atoms with Gasteiger partial charge in [0.25, 0.3) is 0 Å². The number of amides is 2. The highest BCUT2D eigenvalue weighted by molar-refractivity contribution is 6.14. The summed E-state index contributed by atoms with van der Waals surface area (Å²) in [4.78, 5) is 27.9. The van der Waals surface area contributed by atoms with E-state index in [4.69, 9.17) is 4.74 Å². The summed E-state index contributed by atoms with van der Waals surface area (Å²) in [6.45, 7) is 8.09. The maximum atomic E-state index is 12.9. The monoisotopic (exact) mass is 381 g/mol. The first kappa shape index (κ1) is 19.9. The highest BCUT2D eigenvalue weighted by atomic mass is 16.5. The zero-order valence-electron chi connectivity index (χ0n) is 16.6. The van der Waals surface area contributed by atoms with Crippen molar-refractivity contribution < 1.29 is 14.3 Å². The van der Waals surface area contributed by atoms with E-state index in [0.29, 0.717) is 24.6 Å². The molecule has 1 aliphatic rings. The second kappa shape index (κ2) is 8.44. The number of hydrogen-bond donors (Lipinski definition) is 2. The lowest BCUT2D eigenvalue weighted by Crippen LogP contribution is -2.42. The van der Waals surface area contributed by atoms with E-state index in [-0.39, 0.29) is 11.8 Å². The molecule has 6 nitrogen and oxygen atoms in total. The van der Waals surface area contributed by atoms with Crippen LogP contribution in [0.3, 0.4) is 0 Å². The molecule has 0 radical (unpaired) electrons. The lowest BCUT2D eigenvalue weighted by molar-refractivity contribution is -0.135. The maximum absolute atomic E-state index is 12.9. The van der Waals surface area contributed by atoms with Crippen molar-refractivity contribution in [1.82, 2.24) is 0 Å². The summed E-state index contributed by atoms with van der Waals surface area (Å²) in [5.74, 6) is -0.699. The zero-order valence-corrected chi connectivity index (χ0v) is 16.6. The van der Waals surface area contributed by atoms with Gasteiger partial charge in [0.1, 0.15) is 5.41 Å². The summed E-state index contributed by atoms with van der Waals surface area (Å²) >= 11 is 0. The van der Waals surface area contributed by atoms with E-state index < -0.39 is 5.41 Å². The third-order valence-electron chi connectivity index (χ3n) is 4.95. The minimum absolute atomic E-state index is 0.349. The minimum atomic E-state index is -1.23. The Kier molecular flexibility index (Phi) is 5.99. The highest BCUT2D eigenvalue weighted by Crippen LogP contribution is 2.29. The second-order valence-corrected chi connectivity index (χ2v) is 7.52. The first-order valence-electron chi connectivity index (χ1n) is 9.49. The van der Waals surface area contributed by atoms with Crippen LogP contribution >= 0.6 is 0 Å². The molecule has 3 rings (SSSR count). The highest BCUT2D eigenvalue weighted by Gasteiger charge is 2.36. The Balaban J connectivity index is 1.72. The zero-order chi connectivity index (χ0) is 20.1. The molecule has 1 saturated heterocycles. The molecule has 0 spiro atoms. The van der Waals surface area contributed by atoms with Gasteiger partial charge in [-0.3, -0.25) is 9.59 Å². The Morgan fingerprint density at radius 3 is 2.21 bits per heavy atom. The van der Waals surface area contributed by atoms with E-state index in [1.165, 1.54) is 0 Å². The van der Waals surface area contributed by atoms with Crippen LogP contribution in [-0.2, 0) is 14.3 Å². The normalized spacial score (nSPS) is 14.5. The van der Waals surface area contributed by atoms with Crippen LogP contribution < -0.4 is 15.5 Å². The second-order valence-electron chi connectivity index (χ2n) is 7.52. The van der Waals surface area contributed by atoms with Crippen LogP contribution in [0.1, 0.15) is 19.4 Å². The first-order chi connectivity index (χ1) is 13.4. The summed E-state index contributed by atoms with van der Waals surface area (Å²) in [6, 6.07) is 15.1. The number of nitrogens with one attached hydrogen (secondary N) is 2. The Bertz CT molecular complexity index is 840. The maximum Gasteiger partial charge on any atom is 0.239 e. The smallest absolute Gasteiger partial charge is 0.239 e. The summed E-state index contributed by atoms with van der Waals surface area (Å²) in [5.41, 5.74) is 2.18. The van der Waals surface area contributed by atoms with Crippen molar-refractivity contribution in [2.75, 3.05) is 41.8 Å². The van der Waals surface area contributed by atoms with Crippen molar-refractivity contribution in [2.24, 2.45) is 5.41 Å². The van der Waals surface area contributed by atoms with Crippen LogP contribution in [0.5, 0.6) is 0 Å². The number of benzene rings is 2. The molecule has 2 aromatic carbocycles. The molecule has 0 saturated carbocycles. The van der Waals surface area contributed by atoms with Crippen LogP contribution in [0.4, 0.5) is 17.1 Å². The van der Waals surface area contributed by atoms with Gasteiger partial charge in [-0.2, -0.15) is 0 Å². The van der Waals surface area contributed by atoms with E-state index in [2.05, 4.69) is 15.5 Å². The number of nitrogens with zero attached hydrogens (tertiary/aromatic N) is 1. The van der Waals surface area contributed by atoms with Crippen molar-refractivity contribution in [3.8, 4) is 0 Å². The van der Waals surface area contributed by atoms with Gasteiger partial charge in [-0.1, -0.05) is 29.8 Å². The molecule has 28 heavy (non-hydrogen) atoms. The Morgan fingerprint density at radius 1 is 0.929 bits per heavy atom. The molecule has 0 aliphatic carbocycles. The van der Waals surface area contributed by atoms with Gasteiger partial charge in [0, 0.05) is 18.8 Å². The van der Waals surface area contributed by atoms with Crippen molar-refractivity contribution >= 4 is 28.9 Å². The van der Waals surface area contributed by atoms with E-state index in [1.54, 1.807) is 13.8 Å². The van der Waals surface area contributed by atoms with E-state index in [0.717, 1.165) is 24.3 Å². The molecular formula is C22H27N3O3. The number of para-hydroxylation sites is 2. The lowest BCUT2D eigenvalue weighted by atomic mass is 9.90. The molecule has 1 heterocycles. The molecule has 1 fully saturated rings. The first-order valence-corrected chi connectivity index (χ1v) is 9.49. The summed E-state index contributed by atoms with van der Waals surface area (Å²) in [7, 11) is 0. The van der Waals surface area contributed by atoms with Crippen LogP contribution in [0, 0.1) is 12.3 Å². The van der Waals surface area contributed by atoms with Crippen molar-refractivity contribution in [1.29, 1.82) is 0 Å². The van der Waals surface area contributed by atoms with Crippen molar-refractivity contribution in [3.63, 3.8) is 0 Å². The van der Waals surface area contributed by atoms with Crippen LogP contribution in [0.15, 0.2) is 48.5 Å². The largest absolute Gasteiger partial charge is 0.378 e. The van der Waals surface area contributed by atoms with Crippen molar-refractivity contribution in [2.45, 2.75) is 20.8 Å². The Labute approximate surface area is 165 Å². The van der Waals surface area contributed by atoms with Gasteiger partial charge >= 0.3 is 0 Å². The number of ether oxygens (including phenoxy) is 1. The molecule has 148 valence electrons. The number of carbonyl (C=O) groups is 2. The Hall–Kier alpha value is -2.86. The van der Waals surface area contributed by atoms with Crippen molar-refractivity contribution in [3.05, 3.63) is 54.1 Å². The average molecular weight is 381 g/mol. The molecule has 2 N–H and O–H groups in total. The molecule has 0 aromatic heterocycles. The third-order valence-corrected chi connectivity index (χ3v) is 4.95. The summed E-state index contributed by atoms with van der Waals surface area (Å²) < 4.78 is 5.41. The number of anilines is 3. The van der Waals surface area contributed by atoms with Gasteiger partial charge in [-0.25, -0.2) is 0 Å². The number of rotatable bonds is 5. The van der Waals surface area contributed by atoms with E-state index in [9.17, 15) is 9.59 Å². The molecule has 0 atom stereocenters. The van der Waals surface area contributed by atoms with E-state index in [1.807, 2.05) is 55.5 Å². The van der Waals surface area contributed by atoms with Crippen LogP contribution in [0.2, 0.25) is 0 Å². The van der Waals surface area contributed by atoms with E-state index >= 15 is 0 Å². The number of carbonyl (C=O) groups excluding carboxylic acids is 2. The van der Waals surface area contributed by atoms with Gasteiger partial charge in [0.05, 0.1) is 24.6 Å². The molecule has 2 amide bonds. The SMILES string of the molecule is Cc1ccc(NC(=O)C(C)(C)C(=O)Nc2ccccc2N2CCOCC2)cc1. The average Bonchev–Trinajstić information content (AvgIpc) is 2.70. The molecule has 0 bridgehead atoms. The fourth-order valence-corrected chi connectivity index (χ4v) is 2.97. The van der Waals surface area contributed by atoms with Gasteiger partial charge in [0.15, 0.2) is 0 Å². The third kappa shape index (κ3) is 4.51. The van der Waals surface area contributed by atoms with Gasteiger partial charge in [-0.15, -0.1) is 0 Å². The molecule has 6 heteroatoms. The molecule has 1 aliphatic heterocycles. The minimum Gasteiger partial charge on any atom is -0.378 e.